The molecule has 0 amide bonds. The lowest BCUT2D eigenvalue weighted by Gasteiger charge is -2.27. The van der Waals surface area contributed by atoms with Crippen LogP contribution in [0.2, 0.25) is 0 Å². The Hall–Kier alpha value is -5.08. The third kappa shape index (κ3) is 4.25. The Morgan fingerprint density at radius 3 is 1.53 bits per heavy atom. The summed E-state index contributed by atoms with van der Waals surface area (Å²) in [4.78, 5) is 0. The fourth-order valence-electron chi connectivity index (χ4n) is 7.14. The molecule has 2 aliphatic carbocycles. The lowest BCUT2D eigenvalue weighted by molar-refractivity contribution is 0.415. The summed E-state index contributed by atoms with van der Waals surface area (Å²) >= 11 is 0. The fraction of sp³-hybridized carbons (Fsp3) is 0.122. The van der Waals surface area contributed by atoms with E-state index < -0.39 is 0 Å². The van der Waals surface area contributed by atoms with Gasteiger partial charge in [-0.15, -0.1) is 0 Å². The average molecular weight is 557 g/mol. The Labute approximate surface area is 252 Å². The summed E-state index contributed by atoms with van der Waals surface area (Å²) in [6.45, 7) is 0. The summed E-state index contributed by atoms with van der Waals surface area (Å²) in [5.41, 5.74) is 13.5. The van der Waals surface area contributed by atoms with E-state index in [1.54, 1.807) is 14.2 Å². The van der Waals surface area contributed by atoms with Gasteiger partial charge in [0.1, 0.15) is 11.5 Å². The molecule has 208 valence electrons. The highest BCUT2D eigenvalue weighted by molar-refractivity contribution is 6.12. The molecule has 0 unspecified atom stereocenters. The zero-order chi connectivity index (χ0) is 28.9. The van der Waals surface area contributed by atoms with Crippen molar-refractivity contribution in [2.24, 2.45) is 0 Å². The molecule has 0 fully saturated rings. The van der Waals surface area contributed by atoms with Gasteiger partial charge in [-0.2, -0.15) is 0 Å². The van der Waals surface area contributed by atoms with Crippen LogP contribution in [0.3, 0.4) is 0 Å². The molecule has 2 nitrogen and oxygen atoms in total. The Bertz CT molecular complexity index is 2090. The van der Waals surface area contributed by atoms with Gasteiger partial charge in [0.15, 0.2) is 0 Å². The summed E-state index contributed by atoms with van der Waals surface area (Å²) in [6, 6.07) is 39.7. The third-order valence-corrected chi connectivity index (χ3v) is 9.26. The van der Waals surface area contributed by atoms with E-state index in [1.807, 2.05) is 0 Å². The average Bonchev–Trinajstić information content (AvgIpc) is 3.49. The van der Waals surface area contributed by atoms with E-state index in [0.717, 1.165) is 30.8 Å². The summed E-state index contributed by atoms with van der Waals surface area (Å²) in [6.07, 6.45) is 7.56. The highest BCUT2D eigenvalue weighted by atomic mass is 16.5. The van der Waals surface area contributed by atoms with Crippen LogP contribution >= 0.6 is 0 Å². The molecule has 0 atom stereocenters. The highest BCUT2D eigenvalue weighted by Crippen LogP contribution is 2.49. The maximum absolute atomic E-state index is 5.52. The predicted octanol–water partition coefficient (Wildman–Crippen LogP) is 10.4. The molecule has 8 rings (SSSR count). The molecule has 0 saturated carbocycles. The molecule has 6 aromatic rings. The summed E-state index contributed by atoms with van der Waals surface area (Å²) < 4.78 is 11.0. The van der Waals surface area contributed by atoms with Gasteiger partial charge in [-0.05, 0) is 127 Å². The van der Waals surface area contributed by atoms with Gasteiger partial charge in [0, 0.05) is 0 Å². The first-order valence-electron chi connectivity index (χ1n) is 15.0. The smallest absolute Gasteiger partial charge is 0.118 e. The van der Waals surface area contributed by atoms with Crippen LogP contribution in [-0.2, 0) is 12.8 Å². The third-order valence-electron chi connectivity index (χ3n) is 9.26. The van der Waals surface area contributed by atoms with Crippen molar-refractivity contribution in [1.29, 1.82) is 0 Å². The number of hydrogen-bond acceptors (Lipinski definition) is 2. The number of hydrogen-bond donors (Lipinski definition) is 0. The van der Waals surface area contributed by atoms with Crippen LogP contribution in [0.1, 0.15) is 17.5 Å². The molecular weight excluding hydrogens is 524 g/mol. The normalized spacial score (nSPS) is 13.8. The molecule has 43 heavy (non-hydrogen) atoms. The van der Waals surface area contributed by atoms with E-state index in [9.17, 15) is 0 Å². The Morgan fingerprint density at radius 2 is 1.02 bits per heavy atom. The first kappa shape index (κ1) is 25.6. The van der Waals surface area contributed by atoms with Crippen LogP contribution in [0.4, 0.5) is 0 Å². The Balaban J connectivity index is 1.54. The van der Waals surface area contributed by atoms with Crippen molar-refractivity contribution in [3.63, 3.8) is 0 Å². The van der Waals surface area contributed by atoms with Crippen molar-refractivity contribution in [2.45, 2.75) is 19.3 Å². The largest absolute Gasteiger partial charge is 0.497 e. The number of methoxy groups -OCH3 is 2. The second kappa shape index (κ2) is 10.3. The van der Waals surface area contributed by atoms with Crippen LogP contribution in [0.15, 0.2) is 132 Å². The molecule has 0 bridgehead atoms. The van der Waals surface area contributed by atoms with Crippen LogP contribution in [0.25, 0.3) is 54.9 Å². The zero-order valence-electron chi connectivity index (χ0n) is 24.5. The monoisotopic (exact) mass is 556 g/mol. The van der Waals surface area contributed by atoms with Crippen LogP contribution in [-0.4, -0.2) is 14.2 Å². The molecular formula is C41H32O2. The maximum atomic E-state index is 5.52. The first-order chi connectivity index (χ1) is 21.2. The van der Waals surface area contributed by atoms with E-state index in [-0.39, 0.29) is 0 Å². The highest BCUT2D eigenvalue weighted by Gasteiger charge is 2.27. The van der Waals surface area contributed by atoms with Crippen molar-refractivity contribution >= 4 is 21.5 Å². The van der Waals surface area contributed by atoms with Gasteiger partial charge >= 0.3 is 0 Å². The molecule has 0 aromatic heterocycles. The fourth-order valence-corrected chi connectivity index (χ4v) is 7.14. The maximum Gasteiger partial charge on any atom is 0.118 e. The minimum atomic E-state index is 0.872. The van der Waals surface area contributed by atoms with Crippen molar-refractivity contribution < 1.29 is 9.47 Å². The molecule has 6 aromatic carbocycles. The van der Waals surface area contributed by atoms with Gasteiger partial charge in [-0.3, -0.25) is 0 Å². The van der Waals surface area contributed by atoms with Crippen molar-refractivity contribution in [2.75, 3.05) is 14.2 Å². The van der Waals surface area contributed by atoms with Gasteiger partial charge in [-0.1, -0.05) is 90.5 Å². The minimum Gasteiger partial charge on any atom is -0.497 e. The van der Waals surface area contributed by atoms with Crippen LogP contribution < -0.4 is 9.47 Å². The van der Waals surface area contributed by atoms with E-state index in [1.165, 1.54) is 77.2 Å². The van der Waals surface area contributed by atoms with Gasteiger partial charge < -0.3 is 9.47 Å². The standard InChI is InChI=1S/C41H32O2/c1-42-32-18-14-26(15-19-32)36-24-30-8-3-5-12-34(30)40-38(36)22-28-10-7-11-29(28)23-39-37(27-16-20-33(43-2)21-17-27)25-31-9-4-6-13-35(31)41(39)40/h3-10,12-21,24-25H,11,22-23H2,1-2H3. The molecule has 0 spiro atoms. The molecule has 2 heteroatoms. The Kier molecular flexibility index (Phi) is 6.15. The van der Waals surface area contributed by atoms with E-state index in [4.69, 9.17) is 9.47 Å². The van der Waals surface area contributed by atoms with E-state index >= 15 is 0 Å². The number of fused-ring (bicyclic) bond motifs is 7. The van der Waals surface area contributed by atoms with Crippen molar-refractivity contribution in [3.05, 3.63) is 144 Å². The predicted molar refractivity (Wildman–Crippen MR) is 179 cm³/mol. The SMILES string of the molecule is COc1ccc(-c2cc3ccccc3c3c2CC2=C(CC=C2)Cc2c(-c4ccc(OC)cc4)cc4ccccc4c2-3)cc1. The van der Waals surface area contributed by atoms with Crippen molar-refractivity contribution in [3.8, 4) is 44.9 Å². The van der Waals surface area contributed by atoms with Crippen LogP contribution in [0.5, 0.6) is 11.5 Å². The minimum absolute atomic E-state index is 0.872. The molecule has 0 N–H and O–H groups in total. The molecule has 0 heterocycles. The molecule has 0 aliphatic heterocycles. The second-order valence-corrected chi connectivity index (χ2v) is 11.5. The molecule has 0 saturated heterocycles. The number of benzene rings is 6. The summed E-state index contributed by atoms with van der Waals surface area (Å²) in [5.74, 6) is 1.74. The quantitative estimate of drug-likeness (QED) is 0.215. The molecule has 2 aliphatic rings. The van der Waals surface area contributed by atoms with E-state index in [2.05, 4.69) is 121 Å². The van der Waals surface area contributed by atoms with Gasteiger partial charge in [0.05, 0.1) is 14.2 Å². The summed E-state index contributed by atoms with van der Waals surface area (Å²) in [7, 11) is 3.45. The molecule has 0 radical (unpaired) electrons. The van der Waals surface area contributed by atoms with Gasteiger partial charge in [0.2, 0.25) is 0 Å². The zero-order valence-corrected chi connectivity index (χ0v) is 24.5. The van der Waals surface area contributed by atoms with Crippen LogP contribution in [0, 0.1) is 0 Å². The first-order valence-corrected chi connectivity index (χ1v) is 15.0. The van der Waals surface area contributed by atoms with E-state index in [0.29, 0.717) is 0 Å². The number of allylic oxidation sites excluding steroid dienone is 4. The lowest BCUT2D eigenvalue weighted by Crippen LogP contribution is -2.07. The van der Waals surface area contributed by atoms with Gasteiger partial charge in [0.25, 0.3) is 0 Å². The summed E-state index contributed by atoms with van der Waals surface area (Å²) in [5, 5.41) is 5.13. The lowest BCUT2D eigenvalue weighted by atomic mass is 9.76. The number of ether oxygens (including phenoxy) is 2. The topological polar surface area (TPSA) is 18.5 Å². The number of rotatable bonds is 4. The van der Waals surface area contributed by atoms with Gasteiger partial charge in [-0.25, -0.2) is 0 Å². The Morgan fingerprint density at radius 1 is 0.535 bits per heavy atom. The second-order valence-electron chi connectivity index (χ2n) is 11.5. The van der Waals surface area contributed by atoms with Crippen molar-refractivity contribution in [1.82, 2.24) is 0 Å².